The average molecular weight is 368 g/mol. The number of hydrogen-bond acceptors (Lipinski definition) is 3. The Morgan fingerprint density at radius 1 is 1.06 bits per heavy atom. The van der Waals surface area contributed by atoms with E-state index < -0.39 is 7.01 Å². The molecule has 84 valence electrons. The minimum Gasteiger partial charge on any atom is -0.212 e. The predicted octanol–water partition coefficient (Wildman–Crippen LogP) is 3.68. The van der Waals surface area contributed by atoms with Crippen molar-refractivity contribution in [2.24, 2.45) is 0 Å². The molecule has 1 aromatic carbocycles. The molecular weight excluding hydrogens is 362 g/mol. The van der Waals surface area contributed by atoms with Gasteiger partial charge in [0.1, 0.15) is 10.0 Å². The van der Waals surface area contributed by atoms with Gasteiger partial charge in [-0.25, -0.2) is 12.8 Å². The van der Waals surface area contributed by atoms with Crippen molar-refractivity contribution in [2.75, 3.05) is 0 Å². The third kappa shape index (κ3) is 2.61. The summed E-state index contributed by atoms with van der Waals surface area (Å²) in [7, 11) is -3.18. The zero-order chi connectivity index (χ0) is 11.8. The highest BCUT2D eigenvalue weighted by Gasteiger charge is 2.13. The van der Waals surface area contributed by atoms with Crippen LogP contribution in [0.25, 0.3) is 10.4 Å². The van der Waals surface area contributed by atoms with Crippen LogP contribution >= 0.6 is 32.5 Å². The molecule has 0 fully saturated rings. The Labute approximate surface area is 109 Å². The Morgan fingerprint density at radius 3 is 2.19 bits per heavy atom. The molecule has 0 saturated carbocycles. The maximum absolute atomic E-state index is 12.7. The van der Waals surface area contributed by atoms with E-state index in [1.807, 2.05) is 0 Å². The van der Waals surface area contributed by atoms with Crippen molar-refractivity contribution in [2.45, 2.75) is 4.21 Å². The molecule has 0 unspecified atom stereocenters. The first-order valence-electron chi connectivity index (χ1n) is 4.27. The quantitative estimate of drug-likeness (QED) is 0.599. The molecular formula is C10H6FIO2S2. The highest BCUT2D eigenvalue weighted by Crippen LogP contribution is 2.33. The van der Waals surface area contributed by atoms with Crippen LogP contribution in [0, 0.1) is 5.82 Å². The standard InChI is InChI=1S/C10H6FIO2S2/c11-8-3-1-7(2-4-8)9-5-6-10(15-9)16(12,13)14/h1-6H. The van der Waals surface area contributed by atoms with Gasteiger partial charge in [-0.2, -0.15) is 0 Å². The molecule has 0 radical (unpaired) electrons. The molecule has 1 aromatic heterocycles. The second kappa shape index (κ2) is 4.42. The maximum atomic E-state index is 12.7. The van der Waals surface area contributed by atoms with Crippen LogP contribution in [-0.4, -0.2) is 8.42 Å². The first-order chi connectivity index (χ1) is 7.47. The van der Waals surface area contributed by atoms with Gasteiger partial charge < -0.3 is 0 Å². The third-order valence-corrected chi connectivity index (χ3v) is 6.72. The first kappa shape index (κ1) is 12.0. The second-order valence-corrected chi connectivity index (χ2v) is 9.20. The van der Waals surface area contributed by atoms with E-state index >= 15 is 0 Å². The zero-order valence-corrected chi connectivity index (χ0v) is 11.6. The van der Waals surface area contributed by atoms with Crippen molar-refractivity contribution in [1.29, 1.82) is 0 Å². The van der Waals surface area contributed by atoms with Crippen molar-refractivity contribution in [3.63, 3.8) is 0 Å². The SMILES string of the molecule is O=S(=O)(I)c1ccc(-c2ccc(F)cc2)s1. The summed E-state index contributed by atoms with van der Waals surface area (Å²) in [5.74, 6) is -0.304. The predicted molar refractivity (Wildman–Crippen MR) is 70.9 cm³/mol. The largest absolute Gasteiger partial charge is 0.240 e. The van der Waals surface area contributed by atoms with E-state index in [9.17, 15) is 12.8 Å². The molecule has 0 aliphatic heterocycles. The summed E-state index contributed by atoms with van der Waals surface area (Å²) in [5, 5.41) is 0. The molecule has 2 nitrogen and oxygen atoms in total. The smallest absolute Gasteiger partial charge is 0.212 e. The van der Waals surface area contributed by atoms with E-state index in [2.05, 4.69) is 0 Å². The summed E-state index contributed by atoms with van der Waals surface area (Å²) in [6.07, 6.45) is 0. The van der Waals surface area contributed by atoms with Crippen molar-refractivity contribution < 1.29 is 12.8 Å². The number of benzene rings is 1. The van der Waals surface area contributed by atoms with Crippen LogP contribution in [0.2, 0.25) is 0 Å². The van der Waals surface area contributed by atoms with E-state index in [4.69, 9.17) is 0 Å². The topological polar surface area (TPSA) is 34.1 Å². The van der Waals surface area contributed by atoms with Crippen LogP contribution in [0.4, 0.5) is 4.39 Å². The lowest BCUT2D eigenvalue weighted by molar-refractivity contribution is 0.614. The van der Waals surface area contributed by atoms with Gasteiger partial charge >= 0.3 is 0 Å². The minimum absolute atomic E-state index is 0.304. The molecule has 2 aromatic rings. The fraction of sp³-hybridized carbons (Fsp3) is 0. The molecule has 0 saturated heterocycles. The Bertz CT molecular complexity index is 602. The molecule has 0 N–H and O–H groups in total. The minimum atomic E-state index is -3.18. The van der Waals surface area contributed by atoms with Gasteiger partial charge in [0, 0.05) is 4.88 Å². The highest BCUT2D eigenvalue weighted by molar-refractivity contribution is 14.2. The molecule has 0 bridgehead atoms. The summed E-state index contributed by atoms with van der Waals surface area (Å²) >= 11 is 2.58. The lowest BCUT2D eigenvalue weighted by atomic mass is 10.2. The fourth-order valence-corrected chi connectivity index (χ4v) is 4.11. The molecule has 6 heteroatoms. The summed E-state index contributed by atoms with van der Waals surface area (Å²) in [4.78, 5) is 0.815. The van der Waals surface area contributed by atoms with Crippen molar-refractivity contribution in [3.8, 4) is 10.4 Å². The van der Waals surface area contributed by atoms with Crippen LogP contribution in [-0.2, 0) is 7.01 Å². The first-order valence-corrected chi connectivity index (χ1v) is 9.11. The Kier molecular flexibility index (Phi) is 3.32. The zero-order valence-electron chi connectivity index (χ0n) is 7.85. The normalized spacial score (nSPS) is 11.6. The molecule has 1 heterocycles. The number of halogens is 2. The summed E-state index contributed by atoms with van der Waals surface area (Å²) in [6.45, 7) is 0. The summed E-state index contributed by atoms with van der Waals surface area (Å²) < 4.78 is 35.6. The van der Waals surface area contributed by atoms with E-state index in [1.54, 1.807) is 24.3 Å². The van der Waals surface area contributed by atoms with Crippen LogP contribution < -0.4 is 0 Å². The van der Waals surface area contributed by atoms with Gasteiger partial charge in [0.25, 0.3) is 0 Å². The maximum Gasteiger partial charge on any atom is 0.240 e. The van der Waals surface area contributed by atoms with Crippen molar-refractivity contribution >= 4 is 39.6 Å². The van der Waals surface area contributed by atoms with Gasteiger partial charge in [0.15, 0.2) is 0 Å². The van der Waals surface area contributed by atoms with Crippen LogP contribution in [0.5, 0.6) is 0 Å². The van der Waals surface area contributed by atoms with Gasteiger partial charge in [-0.3, -0.25) is 0 Å². The molecule has 0 amide bonds. The Balaban J connectivity index is 2.43. The Morgan fingerprint density at radius 2 is 1.69 bits per heavy atom. The van der Waals surface area contributed by atoms with E-state index in [-0.39, 0.29) is 5.82 Å². The monoisotopic (exact) mass is 368 g/mol. The lowest BCUT2D eigenvalue weighted by Crippen LogP contribution is -1.81. The van der Waals surface area contributed by atoms with Crippen LogP contribution in [0.15, 0.2) is 40.6 Å². The third-order valence-electron chi connectivity index (χ3n) is 1.95. The van der Waals surface area contributed by atoms with Gasteiger partial charge in [0.2, 0.25) is 7.01 Å². The van der Waals surface area contributed by atoms with Crippen molar-refractivity contribution in [1.82, 2.24) is 0 Å². The summed E-state index contributed by atoms with van der Waals surface area (Å²) in [6, 6.07) is 9.25. The van der Waals surface area contributed by atoms with Crippen LogP contribution in [0.3, 0.4) is 0 Å². The molecule has 2 rings (SSSR count). The molecule has 0 spiro atoms. The molecule has 16 heavy (non-hydrogen) atoms. The molecule has 0 aliphatic rings. The van der Waals surface area contributed by atoms with Gasteiger partial charge in [0.05, 0.1) is 21.2 Å². The number of rotatable bonds is 2. The van der Waals surface area contributed by atoms with E-state index in [1.165, 1.54) is 44.7 Å². The number of hydrogen-bond donors (Lipinski definition) is 0. The summed E-state index contributed by atoms with van der Waals surface area (Å²) in [5.41, 5.74) is 0.817. The van der Waals surface area contributed by atoms with E-state index in [0.717, 1.165) is 10.4 Å². The average Bonchev–Trinajstić information content (AvgIpc) is 2.67. The molecule has 0 aliphatic carbocycles. The van der Waals surface area contributed by atoms with Gasteiger partial charge in [-0.05, 0) is 29.8 Å². The van der Waals surface area contributed by atoms with Crippen LogP contribution in [0.1, 0.15) is 0 Å². The Hall–Kier alpha value is -0.470. The number of thiophene rings is 1. The fourth-order valence-electron chi connectivity index (χ4n) is 1.22. The van der Waals surface area contributed by atoms with Gasteiger partial charge in [-0.15, -0.1) is 11.3 Å². The highest BCUT2D eigenvalue weighted by atomic mass is 127. The molecule has 0 atom stereocenters. The lowest BCUT2D eigenvalue weighted by Gasteiger charge is -1.95. The van der Waals surface area contributed by atoms with Gasteiger partial charge in [-0.1, -0.05) is 12.1 Å². The second-order valence-electron chi connectivity index (χ2n) is 3.06. The van der Waals surface area contributed by atoms with E-state index in [0.29, 0.717) is 4.21 Å². The van der Waals surface area contributed by atoms with Crippen molar-refractivity contribution in [3.05, 3.63) is 42.2 Å².